The average Bonchev–Trinajstić information content (AvgIpc) is 3.82. The normalized spacial score (nSPS) is 12.8. The van der Waals surface area contributed by atoms with Crippen molar-refractivity contribution in [3.63, 3.8) is 0 Å². The summed E-state index contributed by atoms with van der Waals surface area (Å²) in [4.78, 5) is 16.0. The van der Waals surface area contributed by atoms with Crippen LogP contribution in [0.15, 0.2) is 175 Å². The van der Waals surface area contributed by atoms with Crippen molar-refractivity contribution < 1.29 is 9.52 Å². The van der Waals surface area contributed by atoms with E-state index >= 15 is 0 Å². The number of nitrogens with zero attached hydrogens (tertiary/aromatic N) is 4. The third-order valence-electron chi connectivity index (χ3n) is 15.8. The molecule has 7 aromatic carbocycles. The number of imidazole rings is 1. The van der Waals surface area contributed by atoms with Gasteiger partial charge in [0.2, 0.25) is 0 Å². The van der Waals surface area contributed by atoms with Crippen molar-refractivity contribution in [3.8, 4) is 78.7 Å². The number of aromatic nitrogens is 4. The Morgan fingerprint density at radius 1 is 0.405 bits per heavy atom. The van der Waals surface area contributed by atoms with E-state index in [1.54, 1.807) is 0 Å². The lowest BCUT2D eigenvalue weighted by atomic mass is 9.79. The fraction of sp³-hybridized carbons (Fsp3) is 0.274. The van der Waals surface area contributed by atoms with Crippen molar-refractivity contribution in [1.29, 1.82) is 0 Å². The molecule has 4 aromatic heterocycles. The number of benzene rings is 7. The van der Waals surface area contributed by atoms with Crippen molar-refractivity contribution in [2.75, 3.05) is 0 Å². The molecule has 0 aliphatic carbocycles. The lowest BCUT2D eigenvalue weighted by molar-refractivity contribution is 0.446. The SMILES string of the molecule is CC(C)(C)c1cc(-c2nccc3c2oc2c(-c4cc(-c5ccccc5)ccn4)cc(-c4cccc5c4nc(-c4cc(C(C)(C)C)cc(C(C)(C)C)c4O)n5-c4ccc(C(C)(C)C)cc4-c4ccccc4)cc23)cc(C(C)(C)C)c1. The molecule has 79 heavy (non-hydrogen) atoms. The first-order valence-electron chi connectivity index (χ1n) is 27.9. The summed E-state index contributed by atoms with van der Waals surface area (Å²) in [5, 5.41) is 14.7. The van der Waals surface area contributed by atoms with Crippen molar-refractivity contribution in [3.05, 3.63) is 198 Å². The maximum absolute atomic E-state index is 12.8. The Bertz CT molecular complexity index is 4110. The first kappa shape index (κ1) is 52.9. The van der Waals surface area contributed by atoms with Crippen molar-refractivity contribution in [2.45, 2.75) is 131 Å². The molecule has 0 radical (unpaired) electrons. The Balaban J connectivity index is 1.25. The summed E-state index contributed by atoms with van der Waals surface area (Å²) in [6.45, 7) is 33.6. The Hall–Kier alpha value is -8.09. The second-order valence-electron chi connectivity index (χ2n) is 26.8. The molecule has 0 unspecified atom stereocenters. The summed E-state index contributed by atoms with van der Waals surface area (Å²) < 4.78 is 9.55. The van der Waals surface area contributed by atoms with Crippen molar-refractivity contribution in [2.24, 2.45) is 0 Å². The highest BCUT2D eigenvalue weighted by atomic mass is 16.3. The predicted molar refractivity (Wildman–Crippen MR) is 332 cm³/mol. The van der Waals surface area contributed by atoms with E-state index in [4.69, 9.17) is 19.4 Å². The highest BCUT2D eigenvalue weighted by Crippen LogP contribution is 2.48. The van der Waals surface area contributed by atoms with Crippen LogP contribution in [0.1, 0.15) is 132 Å². The Morgan fingerprint density at radius 3 is 1.65 bits per heavy atom. The second kappa shape index (κ2) is 19.1. The second-order valence-corrected chi connectivity index (χ2v) is 26.8. The molecule has 0 aliphatic heterocycles. The van der Waals surface area contributed by atoms with E-state index in [2.05, 4.69) is 260 Å². The lowest BCUT2D eigenvalue weighted by Crippen LogP contribution is -2.17. The molecule has 11 aromatic rings. The summed E-state index contributed by atoms with van der Waals surface area (Å²) in [7, 11) is 0. The van der Waals surface area contributed by atoms with Crippen LogP contribution >= 0.6 is 0 Å². The molecule has 0 amide bonds. The molecule has 0 spiro atoms. The number of fused-ring (bicyclic) bond motifs is 4. The molecule has 0 saturated heterocycles. The van der Waals surface area contributed by atoms with Crippen LogP contribution in [0.3, 0.4) is 0 Å². The number of rotatable bonds is 7. The highest BCUT2D eigenvalue weighted by molar-refractivity contribution is 6.14. The van der Waals surface area contributed by atoms with Crippen LogP contribution in [0.25, 0.3) is 106 Å². The minimum absolute atomic E-state index is 0.0921. The number of hydrogen-bond acceptors (Lipinski definition) is 5. The van der Waals surface area contributed by atoms with Crippen LogP contribution in [0, 0.1) is 0 Å². The van der Waals surface area contributed by atoms with Crippen LogP contribution in [0.2, 0.25) is 0 Å². The number of pyridine rings is 2. The molecular weight excluding hydrogens is 965 g/mol. The van der Waals surface area contributed by atoms with Gasteiger partial charge in [-0.25, -0.2) is 4.98 Å². The molecule has 0 atom stereocenters. The van der Waals surface area contributed by atoms with Crippen LogP contribution in [0.4, 0.5) is 0 Å². The highest BCUT2D eigenvalue weighted by Gasteiger charge is 2.31. The minimum atomic E-state index is -0.365. The topological polar surface area (TPSA) is 77.0 Å². The number of hydrogen-bond donors (Lipinski definition) is 1. The molecule has 1 N–H and O–H groups in total. The van der Waals surface area contributed by atoms with E-state index < -0.39 is 0 Å². The van der Waals surface area contributed by atoms with Gasteiger partial charge in [-0.15, -0.1) is 0 Å². The molecule has 6 heteroatoms. The van der Waals surface area contributed by atoms with Gasteiger partial charge >= 0.3 is 0 Å². The molecule has 398 valence electrons. The van der Waals surface area contributed by atoms with Gasteiger partial charge in [0, 0.05) is 51.0 Å². The molecule has 0 bridgehead atoms. The number of phenols is 1. The van der Waals surface area contributed by atoms with Gasteiger partial charge in [0.05, 0.1) is 28.0 Å². The zero-order valence-corrected chi connectivity index (χ0v) is 48.8. The van der Waals surface area contributed by atoms with Crippen LogP contribution in [-0.4, -0.2) is 24.6 Å². The largest absolute Gasteiger partial charge is 0.507 e. The van der Waals surface area contributed by atoms with Gasteiger partial charge in [0.25, 0.3) is 0 Å². The van der Waals surface area contributed by atoms with Crippen LogP contribution in [-0.2, 0) is 27.1 Å². The van der Waals surface area contributed by atoms with Crippen LogP contribution in [0.5, 0.6) is 5.75 Å². The summed E-state index contributed by atoms with van der Waals surface area (Å²) in [6, 6.07) is 56.5. The monoisotopic (exact) mass is 1040 g/mol. The smallest absolute Gasteiger partial charge is 0.161 e. The first-order chi connectivity index (χ1) is 37.2. The van der Waals surface area contributed by atoms with E-state index in [9.17, 15) is 5.11 Å². The van der Waals surface area contributed by atoms with Gasteiger partial charge in [0.1, 0.15) is 22.9 Å². The van der Waals surface area contributed by atoms with Gasteiger partial charge in [-0.05, 0) is 138 Å². The lowest BCUT2D eigenvalue weighted by Gasteiger charge is -2.28. The molecule has 11 rings (SSSR count). The standard InChI is InChI=1S/C73H74N4O2/c1-69(2,3)49-29-30-61(55(41-49)45-25-20-17-21-26-45)77-62-28-22-27-53(64(62)76-68(77)58-42-52(72(10,11)12)43-59(65(58)78)73(13,14)15)47-37-56-54-32-34-75-63(48-35-50(70(4,5)6)40-51(36-48)71(7,8)9)67(54)79-66(56)57(38-47)60-39-46(31-33-74-60)44-23-18-16-19-24-44/h16-43,78H,1-15H3. The Kier molecular flexibility index (Phi) is 12.8. The van der Waals surface area contributed by atoms with E-state index in [1.807, 2.05) is 18.5 Å². The molecule has 6 nitrogen and oxygen atoms in total. The fourth-order valence-corrected chi connectivity index (χ4v) is 11.0. The molecule has 0 saturated carbocycles. The maximum Gasteiger partial charge on any atom is 0.161 e. The van der Waals surface area contributed by atoms with E-state index in [-0.39, 0.29) is 32.8 Å². The van der Waals surface area contributed by atoms with E-state index in [1.165, 1.54) is 16.7 Å². The quantitative estimate of drug-likeness (QED) is 0.172. The summed E-state index contributed by atoms with van der Waals surface area (Å²) >= 11 is 0. The summed E-state index contributed by atoms with van der Waals surface area (Å²) in [5.74, 6) is 0.892. The molecular formula is C73H74N4O2. The fourth-order valence-electron chi connectivity index (χ4n) is 11.0. The molecule has 4 heterocycles. The van der Waals surface area contributed by atoms with Gasteiger partial charge in [-0.1, -0.05) is 195 Å². The van der Waals surface area contributed by atoms with Crippen molar-refractivity contribution in [1.82, 2.24) is 19.5 Å². The zero-order valence-electron chi connectivity index (χ0n) is 48.8. The van der Waals surface area contributed by atoms with Gasteiger partial charge in [-0.3, -0.25) is 14.5 Å². The van der Waals surface area contributed by atoms with Gasteiger partial charge in [-0.2, -0.15) is 0 Å². The number of para-hydroxylation sites is 1. The van der Waals surface area contributed by atoms with Crippen molar-refractivity contribution >= 4 is 33.0 Å². The van der Waals surface area contributed by atoms with Gasteiger partial charge < -0.3 is 9.52 Å². The minimum Gasteiger partial charge on any atom is -0.507 e. The Labute approximate surface area is 467 Å². The average molecular weight is 1040 g/mol. The van der Waals surface area contributed by atoms with E-state index in [0.29, 0.717) is 11.4 Å². The third-order valence-corrected chi connectivity index (χ3v) is 15.8. The van der Waals surface area contributed by atoms with Gasteiger partial charge in [0.15, 0.2) is 5.58 Å². The summed E-state index contributed by atoms with van der Waals surface area (Å²) in [6.07, 6.45) is 3.81. The van der Waals surface area contributed by atoms with E-state index in [0.717, 1.165) is 106 Å². The number of aromatic hydroxyl groups is 1. The predicted octanol–water partition coefficient (Wildman–Crippen LogP) is 19.9. The zero-order chi connectivity index (χ0) is 56.1. The third kappa shape index (κ3) is 9.85. The first-order valence-corrected chi connectivity index (χ1v) is 27.9. The number of phenolic OH excluding ortho intramolecular Hbond substituents is 1. The van der Waals surface area contributed by atoms with Crippen LogP contribution < -0.4 is 0 Å². The Morgan fingerprint density at radius 2 is 1.01 bits per heavy atom. The number of furan rings is 1. The maximum atomic E-state index is 12.8. The summed E-state index contributed by atoms with van der Waals surface area (Å²) in [5.41, 5.74) is 19.3. The molecule has 0 aliphatic rings. The molecule has 0 fully saturated rings.